The first-order chi connectivity index (χ1) is 9.02. The highest BCUT2D eigenvalue weighted by atomic mass is 16.3. The quantitative estimate of drug-likeness (QED) is 0.871. The molecule has 0 bridgehead atoms. The van der Waals surface area contributed by atoms with Gasteiger partial charge in [-0.05, 0) is 44.2 Å². The van der Waals surface area contributed by atoms with Gasteiger partial charge < -0.3 is 10.4 Å². The maximum absolute atomic E-state index is 12.0. The predicted octanol–water partition coefficient (Wildman–Crippen LogP) is 1.37. The molecule has 0 atom stereocenters. The fourth-order valence-electron chi connectivity index (χ4n) is 1.61. The van der Waals surface area contributed by atoms with Gasteiger partial charge >= 0.3 is 0 Å². The molecule has 0 aliphatic carbocycles. The molecule has 19 heavy (non-hydrogen) atoms. The summed E-state index contributed by atoms with van der Waals surface area (Å²) in [4.78, 5) is 12.0. The van der Waals surface area contributed by atoms with Crippen molar-refractivity contribution in [1.29, 1.82) is 0 Å². The summed E-state index contributed by atoms with van der Waals surface area (Å²) < 4.78 is 1.72. The second-order valence-corrected chi connectivity index (χ2v) is 4.99. The molecule has 1 aromatic carbocycles. The highest BCUT2D eigenvalue weighted by Crippen LogP contribution is 2.10. The van der Waals surface area contributed by atoms with E-state index in [1.54, 1.807) is 36.9 Å². The van der Waals surface area contributed by atoms with Crippen molar-refractivity contribution in [3.05, 3.63) is 48.3 Å². The van der Waals surface area contributed by atoms with E-state index in [-0.39, 0.29) is 12.5 Å². The summed E-state index contributed by atoms with van der Waals surface area (Å²) in [6.45, 7) is 3.43. The summed E-state index contributed by atoms with van der Waals surface area (Å²) >= 11 is 0. The van der Waals surface area contributed by atoms with Gasteiger partial charge in [0.2, 0.25) is 0 Å². The minimum absolute atomic E-state index is 0.107. The maximum atomic E-state index is 12.0. The van der Waals surface area contributed by atoms with Crippen molar-refractivity contribution in [3.8, 4) is 5.69 Å². The van der Waals surface area contributed by atoms with Crippen molar-refractivity contribution in [2.24, 2.45) is 0 Å². The fourth-order valence-corrected chi connectivity index (χ4v) is 1.61. The summed E-state index contributed by atoms with van der Waals surface area (Å²) in [6.07, 6.45) is 3.54. The first-order valence-corrected chi connectivity index (χ1v) is 6.05. The zero-order chi connectivity index (χ0) is 13.9. The number of aromatic nitrogens is 2. The second-order valence-electron chi connectivity index (χ2n) is 4.99. The van der Waals surface area contributed by atoms with Crippen LogP contribution in [0.5, 0.6) is 0 Å². The van der Waals surface area contributed by atoms with Crippen molar-refractivity contribution in [2.75, 3.05) is 6.61 Å². The van der Waals surface area contributed by atoms with E-state index in [0.717, 1.165) is 5.69 Å². The molecule has 0 aliphatic rings. The Hall–Kier alpha value is -2.14. The predicted molar refractivity (Wildman–Crippen MR) is 72.2 cm³/mol. The lowest BCUT2D eigenvalue weighted by atomic mass is 10.1. The molecular formula is C14H17N3O2. The van der Waals surface area contributed by atoms with Crippen LogP contribution in [0.15, 0.2) is 42.7 Å². The van der Waals surface area contributed by atoms with E-state index < -0.39 is 5.54 Å². The van der Waals surface area contributed by atoms with E-state index in [1.807, 2.05) is 24.4 Å². The van der Waals surface area contributed by atoms with Gasteiger partial charge in [0.1, 0.15) is 0 Å². The second kappa shape index (κ2) is 5.24. The number of nitrogens with one attached hydrogen (secondary N) is 1. The number of hydrogen-bond donors (Lipinski definition) is 2. The molecule has 100 valence electrons. The number of aliphatic hydroxyl groups is 1. The Morgan fingerprint density at radius 2 is 2.05 bits per heavy atom. The Kier molecular flexibility index (Phi) is 3.66. The van der Waals surface area contributed by atoms with Gasteiger partial charge in [-0.3, -0.25) is 4.79 Å². The van der Waals surface area contributed by atoms with Crippen molar-refractivity contribution in [2.45, 2.75) is 19.4 Å². The first kappa shape index (κ1) is 13.3. The van der Waals surface area contributed by atoms with E-state index in [2.05, 4.69) is 10.4 Å². The number of nitrogens with zero attached hydrogens (tertiary/aromatic N) is 2. The summed E-state index contributed by atoms with van der Waals surface area (Å²) in [7, 11) is 0. The summed E-state index contributed by atoms with van der Waals surface area (Å²) in [6, 6.07) is 8.96. The summed E-state index contributed by atoms with van der Waals surface area (Å²) in [5.74, 6) is -0.203. The molecule has 0 radical (unpaired) electrons. The third kappa shape index (κ3) is 3.20. The molecule has 0 aliphatic heterocycles. The number of benzene rings is 1. The lowest BCUT2D eigenvalue weighted by Crippen LogP contribution is -2.46. The summed E-state index contributed by atoms with van der Waals surface area (Å²) in [5, 5.41) is 16.0. The molecule has 1 aromatic heterocycles. The number of amides is 1. The fraction of sp³-hybridized carbons (Fsp3) is 0.286. The van der Waals surface area contributed by atoms with Crippen LogP contribution in [0, 0.1) is 0 Å². The monoisotopic (exact) mass is 259 g/mol. The van der Waals surface area contributed by atoms with Crippen molar-refractivity contribution in [3.63, 3.8) is 0 Å². The topological polar surface area (TPSA) is 67.2 Å². The van der Waals surface area contributed by atoms with Crippen LogP contribution in [-0.4, -0.2) is 32.9 Å². The SMILES string of the molecule is CC(C)(CO)NC(=O)c1ccc(-n2cccn2)cc1. The van der Waals surface area contributed by atoms with E-state index in [4.69, 9.17) is 5.11 Å². The van der Waals surface area contributed by atoms with Gasteiger partial charge in [-0.15, -0.1) is 0 Å². The number of carbonyl (C=O) groups is 1. The van der Waals surface area contributed by atoms with Crippen molar-refractivity contribution >= 4 is 5.91 Å². The summed E-state index contributed by atoms with van der Waals surface area (Å²) in [5.41, 5.74) is 0.818. The molecule has 1 heterocycles. The molecule has 0 spiro atoms. The van der Waals surface area contributed by atoms with Crippen LogP contribution in [0.4, 0.5) is 0 Å². The van der Waals surface area contributed by atoms with E-state index in [1.165, 1.54) is 0 Å². The Morgan fingerprint density at radius 1 is 1.37 bits per heavy atom. The molecule has 0 saturated carbocycles. The lowest BCUT2D eigenvalue weighted by molar-refractivity contribution is 0.0869. The van der Waals surface area contributed by atoms with Crippen LogP contribution in [0.2, 0.25) is 0 Å². The van der Waals surface area contributed by atoms with E-state index >= 15 is 0 Å². The molecule has 1 amide bonds. The molecule has 0 unspecified atom stereocenters. The number of hydrogen-bond acceptors (Lipinski definition) is 3. The van der Waals surface area contributed by atoms with Crippen LogP contribution < -0.4 is 5.32 Å². The smallest absolute Gasteiger partial charge is 0.251 e. The average Bonchev–Trinajstić information content (AvgIpc) is 2.92. The largest absolute Gasteiger partial charge is 0.394 e. The molecule has 0 saturated heterocycles. The minimum atomic E-state index is -0.627. The Morgan fingerprint density at radius 3 is 2.58 bits per heavy atom. The van der Waals surface area contributed by atoms with Gasteiger partial charge in [-0.2, -0.15) is 5.10 Å². The van der Waals surface area contributed by atoms with Crippen molar-refractivity contribution < 1.29 is 9.90 Å². The van der Waals surface area contributed by atoms with Crippen LogP contribution in [0.3, 0.4) is 0 Å². The lowest BCUT2D eigenvalue weighted by Gasteiger charge is -2.23. The highest BCUT2D eigenvalue weighted by Gasteiger charge is 2.19. The van der Waals surface area contributed by atoms with Gasteiger partial charge in [0.05, 0.1) is 17.8 Å². The zero-order valence-electron chi connectivity index (χ0n) is 11.0. The normalized spacial score (nSPS) is 11.3. The van der Waals surface area contributed by atoms with Gasteiger partial charge in [-0.1, -0.05) is 0 Å². The highest BCUT2D eigenvalue weighted by molar-refractivity contribution is 5.94. The van der Waals surface area contributed by atoms with Gasteiger partial charge in [0.15, 0.2) is 0 Å². The molecule has 5 heteroatoms. The average molecular weight is 259 g/mol. The van der Waals surface area contributed by atoms with Crippen molar-refractivity contribution in [1.82, 2.24) is 15.1 Å². The standard InChI is InChI=1S/C14H17N3O2/c1-14(2,10-18)16-13(19)11-4-6-12(7-5-11)17-9-3-8-15-17/h3-9,18H,10H2,1-2H3,(H,16,19). The molecular weight excluding hydrogens is 242 g/mol. The molecule has 2 N–H and O–H groups in total. The minimum Gasteiger partial charge on any atom is -0.394 e. The number of aliphatic hydroxyl groups excluding tert-OH is 1. The van der Waals surface area contributed by atoms with Crippen LogP contribution in [-0.2, 0) is 0 Å². The van der Waals surface area contributed by atoms with Gasteiger partial charge in [0.25, 0.3) is 5.91 Å². The van der Waals surface area contributed by atoms with E-state index in [9.17, 15) is 4.79 Å². The van der Waals surface area contributed by atoms with Crippen LogP contribution in [0.1, 0.15) is 24.2 Å². The zero-order valence-corrected chi connectivity index (χ0v) is 11.0. The number of carbonyl (C=O) groups excluding carboxylic acids is 1. The van der Waals surface area contributed by atoms with Crippen LogP contribution in [0.25, 0.3) is 5.69 Å². The Bertz CT molecular complexity index is 545. The maximum Gasteiger partial charge on any atom is 0.251 e. The molecule has 0 fully saturated rings. The third-order valence-electron chi connectivity index (χ3n) is 2.75. The van der Waals surface area contributed by atoms with E-state index in [0.29, 0.717) is 5.56 Å². The Labute approximate surface area is 111 Å². The number of rotatable bonds is 4. The molecule has 5 nitrogen and oxygen atoms in total. The van der Waals surface area contributed by atoms with Gasteiger partial charge in [-0.25, -0.2) is 4.68 Å². The van der Waals surface area contributed by atoms with Gasteiger partial charge in [0, 0.05) is 18.0 Å². The Balaban J connectivity index is 2.13. The third-order valence-corrected chi connectivity index (χ3v) is 2.75. The van der Waals surface area contributed by atoms with Crippen LogP contribution >= 0.6 is 0 Å². The first-order valence-electron chi connectivity index (χ1n) is 6.05. The molecule has 2 rings (SSSR count). The molecule has 2 aromatic rings.